The quantitative estimate of drug-likeness (QED) is 0.769. The van der Waals surface area contributed by atoms with Crippen LogP contribution in [0.1, 0.15) is 10.4 Å². The van der Waals surface area contributed by atoms with Crippen LogP contribution in [0.15, 0.2) is 40.4 Å². The highest BCUT2D eigenvalue weighted by Crippen LogP contribution is 2.22. The minimum absolute atomic E-state index is 0.843. The summed E-state index contributed by atoms with van der Waals surface area (Å²) in [6.07, 6.45) is 3.83. The Morgan fingerprint density at radius 2 is 2.28 bits per heavy atom. The minimum Gasteiger partial charge on any atom is -0.346 e. The first-order valence-electron chi connectivity index (χ1n) is 5.68. The third-order valence-corrected chi connectivity index (χ3v) is 4.76. The maximum Gasteiger partial charge on any atom is 0.137 e. The summed E-state index contributed by atoms with van der Waals surface area (Å²) in [5.41, 5.74) is 2.21. The lowest BCUT2D eigenvalue weighted by Gasteiger charge is -2.02. The van der Waals surface area contributed by atoms with Crippen LogP contribution in [0.4, 0.5) is 0 Å². The Morgan fingerprint density at radius 1 is 1.33 bits per heavy atom. The van der Waals surface area contributed by atoms with E-state index in [1.54, 1.807) is 17.5 Å². The van der Waals surface area contributed by atoms with Crippen LogP contribution >= 0.6 is 27.3 Å². The first kappa shape index (κ1) is 11.9. The van der Waals surface area contributed by atoms with Gasteiger partial charge >= 0.3 is 0 Å². The highest BCUT2D eigenvalue weighted by molar-refractivity contribution is 9.10. The van der Waals surface area contributed by atoms with Crippen LogP contribution in [-0.4, -0.2) is 9.97 Å². The molecule has 3 nitrogen and oxygen atoms in total. The second-order valence-corrected chi connectivity index (χ2v) is 5.86. The molecule has 0 saturated heterocycles. The standard InChI is InChI=1S/C13H12BrN3S/c14-11-3-5-18-12(11)8-15-6-9-7-17-13-10(9)2-1-4-16-13/h1-5,7,15H,6,8H2,(H,16,17). The Hall–Kier alpha value is -1.17. The zero-order valence-electron chi connectivity index (χ0n) is 9.61. The van der Waals surface area contributed by atoms with Crippen molar-refractivity contribution in [1.29, 1.82) is 0 Å². The monoisotopic (exact) mass is 321 g/mol. The van der Waals surface area contributed by atoms with Crippen molar-refractivity contribution in [2.75, 3.05) is 0 Å². The maximum atomic E-state index is 4.29. The number of nitrogens with one attached hydrogen (secondary N) is 2. The molecule has 0 amide bonds. The largest absolute Gasteiger partial charge is 0.346 e. The molecule has 3 aromatic heterocycles. The summed E-state index contributed by atoms with van der Waals surface area (Å²) in [4.78, 5) is 8.80. The highest BCUT2D eigenvalue weighted by Gasteiger charge is 2.04. The van der Waals surface area contributed by atoms with Crippen molar-refractivity contribution in [2.24, 2.45) is 0 Å². The summed E-state index contributed by atoms with van der Waals surface area (Å²) >= 11 is 5.30. The summed E-state index contributed by atoms with van der Waals surface area (Å²) in [5.74, 6) is 0. The first-order chi connectivity index (χ1) is 8.84. The maximum absolute atomic E-state index is 4.29. The Kier molecular flexibility index (Phi) is 3.45. The van der Waals surface area contributed by atoms with Gasteiger partial charge in [0.05, 0.1) is 0 Å². The summed E-state index contributed by atoms with van der Waals surface area (Å²) in [6, 6.07) is 6.14. The van der Waals surface area contributed by atoms with E-state index in [0.717, 1.165) is 18.7 Å². The minimum atomic E-state index is 0.843. The molecule has 3 rings (SSSR count). The fraction of sp³-hybridized carbons (Fsp3) is 0.154. The van der Waals surface area contributed by atoms with Gasteiger partial charge in [-0.3, -0.25) is 0 Å². The number of aromatic nitrogens is 2. The smallest absolute Gasteiger partial charge is 0.137 e. The molecule has 92 valence electrons. The molecule has 0 aliphatic carbocycles. The Balaban J connectivity index is 1.68. The van der Waals surface area contributed by atoms with Crippen molar-refractivity contribution >= 4 is 38.3 Å². The fourth-order valence-electron chi connectivity index (χ4n) is 1.92. The molecule has 0 radical (unpaired) electrons. The first-order valence-corrected chi connectivity index (χ1v) is 7.35. The predicted octanol–water partition coefficient (Wildman–Crippen LogP) is 3.68. The summed E-state index contributed by atoms with van der Waals surface area (Å²) < 4.78 is 1.18. The van der Waals surface area contributed by atoms with Crippen LogP contribution in [0.5, 0.6) is 0 Å². The molecule has 3 heterocycles. The Morgan fingerprint density at radius 3 is 3.11 bits per heavy atom. The summed E-state index contributed by atoms with van der Waals surface area (Å²) in [5, 5.41) is 6.74. The molecule has 0 aliphatic heterocycles. The Bertz CT molecular complexity index is 659. The lowest BCUT2D eigenvalue weighted by Crippen LogP contribution is -2.11. The second-order valence-electron chi connectivity index (χ2n) is 4.01. The van der Waals surface area contributed by atoms with E-state index in [2.05, 4.69) is 48.7 Å². The van der Waals surface area contributed by atoms with Gasteiger partial charge in [-0.05, 0) is 45.1 Å². The molecule has 0 aliphatic rings. The van der Waals surface area contributed by atoms with Crippen LogP contribution in [0.2, 0.25) is 0 Å². The number of fused-ring (bicyclic) bond motifs is 1. The Labute approximate surface area is 117 Å². The van der Waals surface area contributed by atoms with Crippen LogP contribution in [0.25, 0.3) is 11.0 Å². The molecular formula is C13H12BrN3S. The van der Waals surface area contributed by atoms with Crippen LogP contribution in [0, 0.1) is 0 Å². The molecule has 0 bridgehead atoms. The van der Waals surface area contributed by atoms with Crippen molar-refractivity contribution in [1.82, 2.24) is 15.3 Å². The van der Waals surface area contributed by atoms with Gasteiger partial charge in [0.25, 0.3) is 0 Å². The van der Waals surface area contributed by atoms with Gasteiger partial charge in [-0.1, -0.05) is 0 Å². The van der Waals surface area contributed by atoms with E-state index in [9.17, 15) is 0 Å². The van der Waals surface area contributed by atoms with Gasteiger partial charge in [-0.25, -0.2) is 4.98 Å². The topological polar surface area (TPSA) is 40.7 Å². The van der Waals surface area contributed by atoms with Gasteiger partial charge < -0.3 is 10.3 Å². The molecule has 18 heavy (non-hydrogen) atoms. The zero-order chi connectivity index (χ0) is 12.4. The van der Waals surface area contributed by atoms with Crippen LogP contribution in [0.3, 0.4) is 0 Å². The third-order valence-electron chi connectivity index (χ3n) is 2.83. The molecular weight excluding hydrogens is 310 g/mol. The zero-order valence-corrected chi connectivity index (χ0v) is 12.0. The van der Waals surface area contributed by atoms with E-state index >= 15 is 0 Å². The summed E-state index contributed by atoms with van der Waals surface area (Å²) in [6.45, 7) is 1.72. The molecule has 3 aromatic rings. The number of aromatic amines is 1. The molecule has 0 aromatic carbocycles. The fourth-order valence-corrected chi connectivity index (χ4v) is 3.38. The second kappa shape index (κ2) is 5.22. The molecule has 0 atom stereocenters. The van der Waals surface area contributed by atoms with Gasteiger partial charge in [0, 0.05) is 40.2 Å². The number of hydrogen-bond acceptors (Lipinski definition) is 3. The van der Waals surface area contributed by atoms with E-state index in [4.69, 9.17) is 0 Å². The van der Waals surface area contributed by atoms with Crippen LogP contribution in [-0.2, 0) is 13.1 Å². The lowest BCUT2D eigenvalue weighted by atomic mass is 10.2. The van der Waals surface area contributed by atoms with Crippen molar-refractivity contribution in [3.8, 4) is 0 Å². The number of rotatable bonds is 4. The number of H-pyrrole nitrogens is 1. The van der Waals surface area contributed by atoms with Gasteiger partial charge in [-0.15, -0.1) is 11.3 Å². The molecule has 0 saturated carbocycles. The molecule has 5 heteroatoms. The van der Waals surface area contributed by atoms with Crippen molar-refractivity contribution < 1.29 is 0 Å². The average molecular weight is 322 g/mol. The van der Waals surface area contributed by atoms with Gasteiger partial charge in [0.2, 0.25) is 0 Å². The average Bonchev–Trinajstić information content (AvgIpc) is 2.97. The lowest BCUT2D eigenvalue weighted by molar-refractivity contribution is 0.702. The van der Waals surface area contributed by atoms with Gasteiger partial charge in [-0.2, -0.15) is 0 Å². The van der Waals surface area contributed by atoms with Crippen molar-refractivity contribution in [3.05, 3.63) is 50.9 Å². The highest BCUT2D eigenvalue weighted by atomic mass is 79.9. The molecule has 0 fully saturated rings. The van der Waals surface area contributed by atoms with E-state index in [1.165, 1.54) is 20.3 Å². The number of thiophene rings is 1. The predicted molar refractivity (Wildman–Crippen MR) is 78.7 cm³/mol. The van der Waals surface area contributed by atoms with Crippen molar-refractivity contribution in [3.63, 3.8) is 0 Å². The van der Waals surface area contributed by atoms with Gasteiger partial charge in [0.15, 0.2) is 0 Å². The van der Waals surface area contributed by atoms with E-state index in [1.807, 2.05) is 12.3 Å². The molecule has 2 N–H and O–H groups in total. The number of nitrogens with zero attached hydrogens (tertiary/aromatic N) is 1. The van der Waals surface area contributed by atoms with E-state index in [-0.39, 0.29) is 0 Å². The third kappa shape index (κ3) is 2.34. The van der Waals surface area contributed by atoms with Crippen LogP contribution < -0.4 is 5.32 Å². The van der Waals surface area contributed by atoms with E-state index < -0.39 is 0 Å². The van der Waals surface area contributed by atoms with Crippen molar-refractivity contribution in [2.45, 2.75) is 13.1 Å². The molecule has 0 spiro atoms. The van der Waals surface area contributed by atoms with Gasteiger partial charge in [0.1, 0.15) is 5.65 Å². The normalized spacial score (nSPS) is 11.2. The van der Waals surface area contributed by atoms with E-state index in [0.29, 0.717) is 0 Å². The number of hydrogen-bond donors (Lipinski definition) is 2. The summed E-state index contributed by atoms with van der Waals surface area (Å²) in [7, 11) is 0. The molecule has 0 unspecified atom stereocenters. The number of pyridine rings is 1. The SMILES string of the molecule is Brc1ccsc1CNCc1c[nH]c2ncccc12. The number of halogens is 1.